The first-order valence-corrected chi connectivity index (χ1v) is 9.94. The maximum Gasteiger partial charge on any atom is 0.259 e. The van der Waals surface area contributed by atoms with E-state index >= 15 is 0 Å². The van der Waals surface area contributed by atoms with Crippen molar-refractivity contribution in [2.75, 3.05) is 31.4 Å². The standard InChI is InChI=1S/C18H22N4O4S/c1-22(2)17-14(5-4-10-19-17)18(23)20-15-11-13(8-9-16(15)26-3)27(24,25)21-12-6-7-12/h4-5,8-12,21H,6-7H2,1-3H3,(H,20,23). The number of carbonyl (C=O) groups is 1. The van der Waals surface area contributed by atoms with Crippen LogP contribution in [-0.2, 0) is 10.0 Å². The number of anilines is 2. The number of aromatic nitrogens is 1. The number of sulfonamides is 1. The predicted molar refractivity (Wildman–Crippen MR) is 103 cm³/mol. The van der Waals surface area contributed by atoms with Gasteiger partial charge in [-0.25, -0.2) is 18.1 Å². The molecule has 2 N–H and O–H groups in total. The average molecular weight is 390 g/mol. The topological polar surface area (TPSA) is 101 Å². The number of pyridine rings is 1. The van der Waals surface area contributed by atoms with E-state index in [1.54, 1.807) is 37.3 Å². The van der Waals surface area contributed by atoms with Crippen LogP contribution in [0.1, 0.15) is 23.2 Å². The zero-order chi connectivity index (χ0) is 19.6. The molecule has 1 aliphatic rings. The zero-order valence-electron chi connectivity index (χ0n) is 15.4. The van der Waals surface area contributed by atoms with Crippen molar-refractivity contribution >= 4 is 27.4 Å². The highest BCUT2D eigenvalue weighted by molar-refractivity contribution is 7.89. The first-order chi connectivity index (χ1) is 12.8. The summed E-state index contributed by atoms with van der Waals surface area (Å²) in [5.74, 6) is 0.465. The summed E-state index contributed by atoms with van der Waals surface area (Å²) in [6, 6.07) is 7.68. The lowest BCUT2D eigenvalue weighted by Gasteiger charge is -2.17. The van der Waals surface area contributed by atoms with Crippen molar-refractivity contribution in [1.82, 2.24) is 9.71 Å². The molecule has 0 spiro atoms. The van der Waals surface area contributed by atoms with Crippen LogP contribution in [0.4, 0.5) is 11.5 Å². The molecule has 0 unspecified atom stereocenters. The Kier molecular flexibility index (Phi) is 5.33. The Morgan fingerprint density at radius 2 is 2.00 bits per heavy atom. The van der Waals surface area contributed by atoms with Crippen LogP contribution in [0.25, 0.3) is 0 Å². The average Bonchev–Trinajstić information content (AvgIpc) is 3.44. The molecular formula is C18H22N4O4S. The largest absolute Gasteiger partial charge is 0.495 e. The number of methoxy groups -OCH3 is 1. The van der Waals surface area contributed by atoms with Crippen LogP contribution in [0.15, 0.2) is 41.4 Å². The molecule has 1 aromatic carbocycles. The Hall–Kier alpha value is -2.65. The number of benzene rings is 1. The molecule has 8 nitrogen and oxygen atoms in total. The second-order valence-electron chi connectivity index (χ2n) is 6.48. The van der Waals surface area contributed by atoms with Crippen molar-refractivity contribution in [2.24, 2.45) is 0 Å². The Balaban J connectivity index is 1.91. The van der Waals surface area contributed by atoms with Crippen LogP contribution >= 0.6 is 0 Å². The minimum Gasteiger partial charge on any atom is -0.495 e. The van der Waals surface area contributed by atoms with Crippen molar-refractivity contribution in [2.45, 2.75) is 23.8 Å². The monoisotopic (exact) mass is 390 g/mol. The minimum atomic E-state index is -3.64. The third-order valence-electron chi connectivity index (χ3n) is 4.08. The molecule has 3 rings (SSSR count). The van der Waals surface area contributed by atoms with E-state index in [2.05, 4.69) is 15.0 Å². The lowest BCUT2D eigenvalue weighted by molar-refractivity contribution is 0.102. The molecule has 1 fully saturated rings. The third-order valence-corrected chi connectivity index (χ3v) is 5.60. The molecule has 1 heterocycles. The number of hydrogen-bond donors (Lipinski definition) is 2. The summed E-state index contributed by atoms with van der Waals surface area (Å²) < 4.78 is 32.8. The maximum atomic E-state index is 12.8. The number of nitrogens with one attached hydrogen (secondary N) is 2. The van der Waals surface area contributed by atoms with Crippen LogP contribution in [0.5, 0.6) is 5.75 Å². The molecule has 9 heteroatoms. The van der Waals surface area contributed by atoms with E-state index in [-0.39, 0.29) is 16.6 Å². The third kappa shape index (κ3) is 4.37. The number of nitrogens with zero attached hydrogens (tertiary/aromatic N) is 2. The molecule has 1 aliphatic carbocycles. The van der Waals surface area contributed by atoms with Gasteiger partial charge in [-0.3, -0.25) is 4.79 Å². The number of ether oxygens (including phenoxy) is 1. The molecule has 0 aliphatic heterocycles. The molecule has 0 atom stereocenters. The van der Waals surface area contributed by atoms with E-state index in [0.29, 0.717) is 17.1 Å². The van der Waals surface area contributed by atoms with Gasteiger partial charge in [-0.15, -0.1) is 0 Å². The molecular weight excluding hydrogens is 368 g/mol. The molecule has 2 aromatic rings. The molecule has 1 aromatic heterocycles. The first kappa shape index (κ1) is 19.1. The summed E-state index contributed by atoms with van der Waals surface area (Å²) in [6.07, 6.45) is 3.28. The Morgan fingerprint density at radius 1 is 1.26 bits per heavy atom. The summed E-state index contributed by atoms with van der Waals surface area (Å²) in [6.45, 7) is 0. The van der Waals surface area contributed by atoms with Crippen LogP contribution < -0.4 is 19.7 Å². The fraction of sp³-hybridized carbons (Fsp3) is 0.333. The normalized spacial score (nSPS) is 13.9. The van der Waals surface area contributed by atoms with Gasteiger partial charge in [0.25, 0.3) is 5.91 Å². The Morgan fingerprint density at radius 3 is 2.63 bits per heavy atom. The van der Waals surface area contributed by atoms with E-state index in [1.165, 1.54) is 25.3 Å². The number of carbonyl (C=O) groups excluding carboxylic acids is 1. The van der Waals surface area contributed by atoms with Crippen LogP contribution in [-0.4, -0.2) is 46.6 Å². The quantitative estimate of drug-likeness (QED) is 0.748. The molecule has 0 radical (unpaired) electrons. The van der Waals surface area contributed by atoms with Gasteiger partial charge in [0.1, 0.15) is 11.6 Å². The van der Waals surface area contributed by atoms with Crippen LogP contribution in [0.2, 0.25) is 0 Å². The molecule has 0 saturated heterocycles. The van der Waals surface area contributed by atoms with Gasteiger partial charge in [0.2, 0.25) is 10.0 Å². The van der Waals surface area contributed by atoms with Crippen molar-refractivity contribution < 1.29 is 17.9 Å². The maximum absolute atomic E-state index is 12.8. The molecule has 1 saturated carbocycles. The van der Waals surface area contributed by atoms with Gasteiger partial charge in [0.05, 0.1) is 23.3 Å². The predicted octanol–water partition coefficient (Wildman–Crippen LogP) is 1.85. The minimum absolute atomic E-state index is 0.00631. The summed E-state index contributed by atoms with van der Waals surface area (Å²) in [5, 5.41) is 2.73. The van der Waals surface area contributed by atoms with E-state index in [1.807, 2.05) is 0 Å². The number of rotatable bonds is 7. The molecule has 144 valence electrons. The summed E-state index contributed by atoms with van der Waals surface area (Å²) >= 11 is 0. The Labute approximate surface area is 158 Å². The van der Waals surface area contributed by atoms with E-state index in [9.17, 15) is 13.2 Å². The van der Waals surface area contributed by atoms with Crippen LogP contribution in [0, 0.1) is 0 Å². The summed E-state index contributed by atoms with van der Waals surface area (Å²) in [4.78, 5) is 18.8. The summed E-state index contributed by atoms with van der Waals surface area (Å²) in [5.41, 5.74) is 0.642. The highest BCUT2D eigenvalue weighted by Gasteiger charge is 2.28. The molecule has 0 bridgehead atoms. The van der Waals surface area contributed by atoms with Crippen LogP contribution in [0.3, 0.4) is 0 Å². The van der Waals surface area contributed by atoms with Gasteiger partial charge in [-0.2, -0.15) is 0 Å². The van der Waals surface area contributed by atoms with Crippen molar-refractivity contribution in [3.8, 4) is 5.75 Å². The lowest BCUT2D eigenvalue weighted by Crippen LogP contribution is -2.26. The fourth-order valence-corrected chi connectivity index (χ4v) is 3.89. The first-order valence-electron chi connectivity index (χ1n) is 8.46. The van der Waals surface area contributed by atoms with E-state index in [4.69, 9.17) is 4.74 Å². The van der Waals surface area contributed by atoms with E-state index in [0.717, 1.165) is 12.8 Å². The summed E-state index contributed by atoms with van der Waals surface area (Å²) in [7, 11) is 1.39. The SMILES string of the molecule is COc1ccc(S(=O)(=O)NC2CC2)cc1NC(=O)c1cccnc1N(C)C. The van der Waals surface area contributed by atoms with Crippen molar-refractivity contribution in [1.29, 1.82) is 0 Å². The highest BCUT2D eigenvalue weighted by atomic mass is 32.2. The van der Waals surface area contributed by atoms with Gasteiger partial charge < -0.3 is 15.0 Å². The second kappa shape index (κ2) is 7.53. The van der Waals surface area contributed by atoms with Crippen molar-refractivity contribution in [3.05, 3.63) is 42.1 Å². The van der Waals surface area contributed by atoms with Gasteiger partial charge in [0, 0.05) is 26.3 Å². The highest BCUT2D eigenvalue weighted by Crippen LogP contribution is 2.30. The zero-order valence-corrected chi connectivity index (χ0v) is 16.2. The van der Waals surface area contributed by atoms with Gasteiger partial charge in [0.15, 0.2) is 0 Å². The number of hydrogen-bond acceptors (Lipinski definition) is 6. The smallest absolute Gasteiger partial charge is 0.259 e. The van der Waals surface area contributed by atoms with Crippen molar-refractivity contribution in [3.63, 3.8) is 0 Å². The van der Waals surface area contributed by atoms with Gasteiger partial charge >= 0.3 is 0 Å². The lowest BCUT2D eigenvalue weighted by atomic mass is 10.2. The fourth-order valence-electron chi connectivity index (χ4n) is 2.56. The number of amides is 1. The molecule has 1 amide bonds. The molecule has 27 heavy (non-hydrogen) atoms. The van der Waals surface area contributed by atoms with Gasteiger partial charge in [-0.05, 0) is 43.2 Å². The Bertz CT molecular complexity index is 956. The second-order valence-corrected chi connectivity index (χ2v) is 8.19. The van der Waals surface area contributed by atoms with E-state index < -0.39 is 15.9 Å². The van der Waals surface area contributed by atoms with Gasteiger partial charge in [-0.1, -0.05) is 0 Å².